The van der Waals surface area contributed by atoms with Crippen molar-refractivity contribution in [2.24, 2.45) is 0 Å². The van der Waals surface area contributed by atoms with E-state index < -0.39 is 34.6 Å². The molecular weight excluding hydrogens is 422 g/mol. The maximum Gasteiger partial charge on any atom is 0.257 e. The lowest BCUT2D eigenvalue weighted by Crippen LogP contribution is -2.22. The van der Waals surface area contributed by atoms with E-state index in [4.69, 9.17) is 6.57 Å². The Bertz CT molecular complexity index is 1370. The fraction of sp³-hybridized carbons (Fsp3) is 0.130. The van der Waals surface area contributed by atoms with Crippen LogP contribution in [0, 0.1) is 30.1 Å². The van der Waals surface area contributed by atoms with E-state index in [2.05, 4.69) is 19.9 Å². The summed E-state index contributed by atoms with van der Waals surface area (Å²) >= 11 is 0. The second-order valence-corrected chi connectivity index (χ2v) is 7.49. The van der Waals surface area contributed by atoms with E-state index in [1.165, 1.54) is 23.0 Å². The normalized spacial score (nSPS) is 11.4. The molecule has 9 heteroatoms. The van der Waals surface area contributed by atoms with Gasteiger partial charge in [-0.1, -0.05) is 6.07 Å². The Morgan fingerprint density at radius 2 is 1.69 bits per heavy atom. The Kier molecular flexibility index (Phi) is 5.22. The second kappa shape index (κ2) is 7.89. The van der Waals surface area contributed by atoms with E-state index in [9.17, 15) is 17.6 Å². The molecule has 0 aliphatic carbocycles. The van der Waals surface area contributed by atoms with E-state index in [1.54, 1.807) is 24.3 Å². The van der Waals surface area contributed by atoms with Crippen LogP contribution in [-0.2, 0) is 5.41 Å². The Hall–Kier alpha value is -4.06. The molecule has 0 N–H and O–H groups in total. The molecule has 4 rings (SSSR count). The van der Waals surface area contributed by atoms with Crippen molar-refractivity contribution in [3.8, 4) is 16.9 Å². The van der Waals surface area contributed by atoms with Crippen LogP contribution in [0.25, 0.3) is 21.8 Å². The monoisotopic (exact) mass is 437 g/mol. The van der Waals surface area contributed by atoms with Gasteiger partial charge in [-0.05, 0) is 56.3 Å². The quantitative estimate of drug-likeness (QED) is 0.232. The van der Waals surface area contributed by atoms with E-state index >= 15 is 0 Å². The lowest BCUT2D eigenvalue weighted by molar-refractivity contribution is 0.503. The minimum absolute atomic E-state index is 0.0000342. The molecule has 5 nitrogen and oxygen atoms in total. The van der Waals surface area contributed by atoms with Gasteiger partial charge in [0.25, 0.3) is 5.69 Å². The van der Waals surface area contributed by atoms with Crippen LogP contribution >= 0.6 is 0 Å². The van der Waals surface area contributed by atoms with E-state index in [0.29, 0.717) is 11.4 Å². The number of nitrogens with zero attached hydrogens (tertiary/aromatic N) is 5. The number of pyridine rings is 2. The first-order valence-corrected chi connectivity index (χ1v) is 9.44. The average molecular weight is 437 g/mol. The number of hydrogen-bond donors (Lipinski definition) is 0. The number of hydrogen-bond acceptors (Lipinski definition) is 3. The maximum atomic E-state index is 14.7. The fourth-order valence-corrected chi connectivity index (χ4v) is 3.27. The number of halogens is 4. The van der Waals surface area contributed by atoms with Crippen LogP contribution in [0.2, 0.25) is 0 Å². The zero-order valence-electron chi connectivity index (χ0n) is 16.9. The summed E-state index contributed by atoms with van der Waals surface area (Å²) in [4.78, 5) is 10.6. The SMILES string of the molecule is [C-]#[N+]c1c(F)ccc(-c2cccc(C(C)(C)c3ccn(-c4ccc(F)nc4F)n3)n2)c1F. The van der Waals surface area contributed by atoms with Gasteiger partial charge < -0.3 is 0 Å². The molecule has 160 valence electrons. The smallest absolute Gasteiger partial charge is 0.252 e. The van der Waals surface area contributed by atoms with Crippen LogP contribution in [0.4, 0.5) is 23.2 Å². The minimum atomic E-state index is -1.00. The minimum Gasteiger partial charge on any atom is -0.252 e. The van der Waals surface area contributed by atoms with E-state index in [1.807, 2.05) is 13.8 Å². The molecule has 0 amide bonds. The molecule has 4 aromatic rings. The standard InChI is InChI=1S/C23H15F4N5/c1-23(2,18-11-12-32(31-18)16-9-10-19(25)30-22(16)27)17-6-4-5-15(29-17)13-7-8-14(24)21(28-3)20(13)26/h4-12H,1-2H3. The zero-order valence-corrected chi connectivity index (χ0v) is 16.9. The molecule has 0 saturated carbocycles. The van der Waals surface area contributed by atoms with Crippen molar-refractivity contribution in [3.05, 3.63) is 101 Å². The van der Waals surface area contributed by atoms with Gasteiger partial charge in [0, 0.05) is 11.8 Å². The summed E-state index contributed by atoms with van der Waals surface area (Å²) in [6.07, 6.45) is 1.51. The summed E-state index contributed by atoms with van der Waals surface area (Å²) in [5.74, 6) is -3.86. The lowest BCUT2D eigenvalue weighted by Gasteiger charge is -2.22. The molecule has 3 aromatic heterocycles. The molecule has 3 heterocycles. The highest BCUT2D eigenvalue weighted by Gasteiger charge is 2.29. The Balaban J connectivity index is 1.74. The highest BCUT2D eigenvalue weighted by Crippen LogP contribution is 2.34. The number of rotatable bonds is 4. The Morgan fingerprint density at radius 3 is 2.41 bits per heavy atom. The third kappa shape index (κ3) is 3.60. The number of benzene rings is 1. The maximum absolute atomic E-state index is 14.7. The first kappa shape index (κ1) is 21.2. The van der Waals surface area contributed by atoms with Gasteiger partial charge >= 0.3 is 0 Å². The van der Waals surface area contributed by atoms with Gasteiger partial charge in [0.1, 0.15) is 17.3 Å². The van der Waals surface area contributed by atoms with Gasteiger partial charge in [0.15, 0.2) is 0 Å². The second-order valence-electron chi connectivity index (χ2n) is 7.49. The van der Waals surface area contributed by atoms with E-state index in [-0.39, 0.29) is 16.9 Å². The molecule has 0 bridgehead atoms. The number of aromatic nitrogens is 4. The largest absolute Gasteiger partial charge is 0.257 e. The average Bonchev–Trinajstić information content (AvgIpc) is 3.25. The van der Waals surface area contributed by atoms with Crippen molar-refractivity contribution in [1.29, 1.82) is 0 Å². The highest BCUT2D eigenvalue weighted by atomic mass is 19.1. The van der Waals surface area contributed by atoms with Crippen LogP contribution in [0.5, 0.6) is 0 Å². The zero-order chi connectivity index (χ0) is 23.0. The Labute approximate surface area is 180 Å². The summed E-state index contributed by atoms with van der Waals surface area (Å²) in [5.41, 5.74) is -0.230. The van der Waals surface area contributed by atoms with Crippen LogP contribution in [0.3, 0.4) is 0 Å². The predicted molar refractivity (Wildman–Crippen MR) is 109 cm³/mol. The van der Waals surface area contributed by atoms with Crippen molar-refractivity contribution in [2.75, 3.05) is 0 Å². The third-order valence-corrected chi connectivity index (χ3v) is 5.12. The summed E-state index contributed by atoms with van der Waals surface area (Å²) in [7, 11) is 0. The van der Waals surface area contributed by atoms with E-state index in [0.717, 1.165) is 12.1 Å². The first-order chi connectivity index (χ1) is 15.2. The summed E-state index contributed by atoms with van der Waals surface area (Å²) < 4.78 is 56.7. The molecule has 0 fully saturated rings. The summed E-state index contributed by atoms with van der Waals surface area (Å²) in [5, 5.41) is 4.39. The van der Waals surface area contributed by atoms with Gasteiger partial charge in [-0.3, -0.25) is 4.98 Å². The van der Waals surface area contributed by atoms with Crippen LogP contribution < -0.4 is 0 Å². The van der Waals surface area contributed by atoms with Crippen molar-refractivity contribution in [1.82, 2.24) is 19.7 Å². The van der Waals surface area contributed by atoms with Crippen LogP contribution in [-0.4, -0.2) is 19.7 Å². The van der Waals surface area contributed by atoms with Gasteiger partial charge in [-0.2, -0.15) is 18.9 Å². The molecule has 0 unspecified atom stereocenters. The molecule has 32 heavy (non-hydrogen) atoms. The fourth-order valence-electron chi connectivity index (χ4n) is 3.27. The first-order valence-electron chi connectivity index (χ1n) is 9.44. The van der Waals surface area contributed by atoms with Gasteiger partial charge in [-0.25, -0.2) is 18.3 Å². The van der Waals surface area contributed by atoms with Gasteiger partial charge in [0.05, 0.1) is 29.1 Å². The van der Waals surface area contributed by atoms with Gasteiger partial charge in [-0.15, -0.1) is 0 Å². The highest BCUT2D eigenvalue weighted by molar-refractivity contribution is 5.67. The summed E-state index contributed by atoms with van der Waals surface area (Å²) in [6.45, 7) is 10.7. The van der Waals surface area contributed by atoms with Crippen molar-refractivity contribution in [2.45, 2.75) is 19.3 Å². The molecule has 0 saturated heterocycles. The van der Waals surface area contributed by atoms with Crippen LogP contribution in [0.15, 0.2) is 54.7 Å². The van der Waals surface area contributed by atoms with Crippen molar-refractivity contribution >= 4 is 5.69 Å². The summed E-state index contributed by atoms with van der Waals surface area (Å²) in [6, 6.07) is 11.1. The molecule has 1 aromatic carbocycles. The third-order valence-electron chi connectivity index (χ3n) is 5.12. The predicted octanol–water partition coefficient (Wildman–Crippen LogP) is 5.76. The molecule has 0 aliphatic heterocycles. The van der Waals surface area contributed by atoms with Crippen molar-refractivity contribution in [3.63, 3.8) is 0 Å². The molecule has 0 spiro atoms. The molecule has 0 aliphatic rings. The Morgan fingerprint density at radius 1 is 0.906 bits per heavy atom. The molecular formula is C23H15F4N5. The van der Waals surface area contributed by atoms with Crippen molar-refractivity contribution < 1.29 is 17.6 Å². The topological polar surface area (TPSA) is 48.0 Å². The van der Waals surface area contributed by atoms with Crippen LogP contribution in [0.1, 0.15) is 25.2 Å². The van der Waals surface area contributed by atoms with Gasteiger partial charge in [0.2, 0.25) is 11.9 Å². The molecule has 0 atom stereocenters. The molecule has 0 radical (unpaired) electrons. The lowest BCUT2D eigenvalue weighted by atomic mass is 9.85.